The Morgan fingerprint density at radius 1 is 0.714 bits per heavy atom. The molecule has 0 N–H and O–H groups in total. The third-order valence-electron chi connectivity index (χ3n) is 4.17. The standard InChI is InChI=1S/C20H19B/c1-15-8-5-6-11-17(15)14-18-12-7-13-19(20(18)21)16-9-3-2-4-10-16/h2-13H,14,21H2,1H3. The molecular formula is C20H19B. The Hall–Kier alpha value is -2.28. The van der Waals surface area contributed by atoms with E-state index >= 15 is 0 Å². The molecule has 0 heterocycles. The lowest BCUT2D eigenvalue weighted by Gasteiger charge is -2.13. The molecular weight excluding hydrogens is 251 g/mol. The molecule has 3 aromatic rings. The molecule has 0 atom stereocenters. The van der Waals surface area contributed by atoms with Gasteiger partial charge in [-0.1, -0.05) is 78.3 Å². The predicted octanol–water partition coefficient (Wildman–Crippen LogP) is 3.51. The Labute approximate surface area is 127 Å². The fourth-order valence-electron chi connectivity index (χ4n) is 2.82. The highest BCUT2D eigenvalue weighted by Crippen LogP contribution is 2.19. The first-order valence-electron chi connectivity index (χ1n) is 7.44. The van der Waals surface area contributed by atoms with Crippen LogP contribution >= 0.6 is 0 Å². The zero-order valence-corrected chi connectivity index (χ0v) is 12.6. The normalized spacial score (nSPS) is 10.5. The van der Waals surface area contributed by atoms with Crippen LogP contribution in [0.1, 0.15) is 16.7 Å². The molecule has 0 radical (unpaired) electrons. The summed E-state index contributed by atoms with van der Waals surface area (Å²) in [4.78, 5) is 0. The first-order valence-corrected chi connectivity index (χ1v) is 7.44. The van der Waals surface area contributed by atoms with Crippen molar-refractivity contribution < 1.29 is 0 Å². The van der Waals surface area contributed by atoms with Crippen molar-refractivity contribution in [2.45, 2.75) is 13.3 Å². The quantitative estimate of drug-likeness (QED) is 0.639. The molecule has 0 saturated carbocycles. The Kier molecular flexibility index (Phi) is 3.92. The van der Waals surface area contributed by atoms with Crippen molar-refractivity contribution in [2.24, 2.45) is 0 Å². The van der Waals surface area contributed by atoms with Crippen molar-refractivity contribution in [3.63, 3.8) is 0 Å². The smallest absolute Gasteiger partial charge is 0.0778 e. The minimum atomic E-state index is 0.999. The van der Waals surface area contributed by atoms with Gasteiger partial charge >= 0.3 is 0 Å². The molecule has 102 valence electrons. The third kappa shape index (κ3) is 2.92. The summed E-state index contributed by atoms with van der Waals surface area (Å²) in [6.07, 6.45) is 0.999. The summed E-state index contributed by atoms with van der Waals surface area (Å²) in [5.41, 5.74) is 8.19. The topological polar surface area (TPSA) is 0 Å². The SMILES string of the molecule is Bc1c(Cc2ccccc2C)cccc1-c1ccccc1. The van der Waals surface area contributed by atoms with Gasteiger partial charge in [-0.3, -0.25) is 0 Å². The second-order valence-electron chi connectivity index (χ2n) is 5.56. The van der Waals surface area contributed by atoms with Gasteiger partial charge in [-0.25, -0.2) is 0 Å². The van der Waals surface area contributed by atoms with Gasteiger partial charge < -0.3 is 0 Å². The van der Waals surface area contributed by atoms with Crippen LogP contribution in [0.3, 0.4) is 0 Å². The zero-order valence-electron chi connectivity index (χ0n) is 12.6. The Morgan fingerprint density at radius 3 is 2.14 bits per heavy atom. The molecule has 0 amide bonds. The lowest BCUT2D eigenvalue weighted by Crippen LogP contribution is -2.14. The van der Waals surface area contributed by atoms with Crippen LogP contribution in [-0.4, -0.2) is 7.85 Å². The molecule has 21 heavy (non-hydrogen) atoms. The van der Waals surface area contributed by atoms with Crippen LogP contribution in [0.15, 0.2) is 72.8 Å². The second kappa shape index (κ2) is 6.01. The Balaban J connectivity index is 2.00. The molecule has 1 heteroatoms. The van der Waals surface area contributed by atoms with Gasteiger partial charge in [0, 0.05) is 0 Å². The van der Waals surface area contributed by atoms with Crippen molar-refractivity contribution in [2.75, 3.05) is 0 Å². The van der Waals surface area contributed by atoms with Crippen LogP contribution in [0.4, 0.5) is 0 Å². The predicted molar refractivity (Wildman–Crippen MR) is 94.0 cm³/mol. The zero-order chi connectivity index (χ0) is 14.7. The minimum Gasteiger partial charge on any atom is -0.0778 e. The maximum Gasteiger partial charge on any atom is 0.140 e. The molecule has 0 bridgehead atoms. The molecule has 0 aromatic heterocycles. The van der Waals surface area contributed by atoms with Gasteiger partial charge in [-0.05, 0) is 41.2 Å². The van der Waals surface area contributed by atoms with Gasteiger partial charge in [0.1, 0.15) is 7.85 Å². The van der Waals surface area contributed by atoms with E-state index in [1.807, 2.05) is 0 Å². The number of benzene rings is 3. The largest absolute Gasteiger partial charge is 0.140 e. The lowest BCUT2D eigenvalue weighted by atomic mass is 9.81. The highest BCUT2D eigenvalue weighted by atomic mass is 14.1. The monoisotopic (exact) mass is 270 g/mol. The summed E-state index contributed by atoms with van der Waals surface area (Å²) < 4.78 is 0. The molecule has 0 spiro atoms. The molecule has 0 unspecified atom stereocenters. The second-order valence-corrected chi connectivity index (χ2v) is 5.56. The summed E-state index contributed by atoms with van der Waals surface area (Å²) in [5, 5.41) is 0. The van der Waals surface area contributed by atoms with Crippen molar-refractivity contribution in [3.05, 3.63) is 89.5 Å². The third-order valence-corrected chi connectivity index (χ3v) is 4.17. The highest BCUT2D eigenvalue weighted by Gasteiger charge is 2.07. The van der Waals surface area contributed by atoms with Crippen molar-refractivity contribution >= 4 is 13.3 Å². The Bertz CT molecular complexity index is 745. The van der Waals surface area contributed by atoms with Crippen molar-refractivity contribution in [3.8, 4) is 11.1 Å². The van der Waals surface area contributed by atoms with E-state index in [2.05, 4.69) is 87.6 Å². The molecule has 0 fully saturated rings. The first kappa shape index (κ1) is 13.7. The molecule has 0 aliphatic carbocycles. The maximum absolute atomic E-state index is 2.24. The maximum atomic E-state index is 2.24. The first-order chi connectivity index (χ1) is 10.3. The van der Waals surface area contributed by atoms with E-state index in [-0.39, 0.29) is 0 Å². The van der Waals surface area contributed by atoms with E-state index in [0.717, 1.165) is 6.42 Å². The van der Waals surface area contributed by atoms with E-state index in [9.17, 15) is 0 Å². The van der Waals surface area contributed by atoms with E-state index in [0.29, 0.717) is 0 Å². The Morgan fingerprint density at radius 2 is 1.38 bits per heavy atom. The van der Waals surface area contributed by atoms with Crippen LogP contribution in [0.25, 0.3) is 11.1 Å². The van der Waals surface area contributed by atoms with Crippen molar-refractivity contribution in [1.29, 1.82) is 0 Å². The molecule has 0 aliphatic rings. The molecule has 0 nitrogen and oxygen atoms in total. The van der Waals surface area contributed by atoms with Crippen LogP contribution in [0, 0.1) is 6.92 Å². The molecule has 0 aliphatic heterocycles. The molecule has 3 aromatic carbocycles. The number of hydrogen-bond acceptors (Lipinski definition) is 0. The average molecular weight is 270 g/mol. The average Bonchev–Trinajstić information content (AvgIpc) is 2.52. The van der Waals surface area contributed by atoms with Gasteiger partial charge in [0.05, 0.1) is 0 Å². The fraction of sp³-hybridized carbons (Fsp3) is 0.100. The summed E-state index contributed by atoms with van der Waals surface area (Å²) in [6.45, 7) is 2.19. The van der Waals surface area contributed by atoms with Gasteiger partial charge in [0.25, 0.3) is 0 Å². The van der Waals surface area contributed by atoms with E-state index in [1.165, 1.54) is 33.3 Å². The van der Waals surface area contributed by atoms with Crippen LogP contribution in [-0.2, 0) is 6.42 Å². The summed E-state index contributed by atoms with van der Waals surface area (Å²) in [6, 6.07) is 25.9. The lowest BCUT2D eigenvalue weighted by molar-refractivity contribution is 1.17. The minimum absolute atomic E-state index is 0.999. The molecule has 3 rings (SSSR count). The van der Waals surface area contributed by atoms with E-state index < -0.39 is 0 Å². The van der Waals surface area contributed by atoms with Gasteiger partial charge in [-0.15, -0.1) is 0 Å². The van der Waals surface area contributed by atoms with Crippen LogP contribution < -0.4 is 5.46 Å². The van der Waals surface area contributed by atoms with E-state index in [4.69, 9.17) is 0 Å². The van der Waals surface area contributed by atoms with Gasteiger partial charge in [0.15, 0.2) is 0 Å². The molecule has 0 saturated heterocycles. The fourth-order valence-corrected chi connectivity index (χ4v) is 2.82. The number of hydrogen-bond donors (Lipinski definition) is 0. The van der Waals surface area contributed by atoms with Crippen molar-refractivity contribution in [1.82, 2.24) is 0 Å². The number of rotatable bonds is 3. The van der Waals surface area contributed by atoms with Gasteiger partial charge in [-0.2, -0.15) is 0 Å². The number of aryl methyl sites for hydroxylation is 1. The highest BCUT2D eigenvalue weighted by molar-refractivity contribution is 6.37. The van der Waals surface area contributed by atoms with E-state index in [1.54, 1.807) is 0 Å². The van der Waals surface area contributed by atoms with Crippen LogP contribution in [0.2, 0.25) is 0 Å². The summed E-state index contributed by atoms with van der Waals surface area (Å²) in [5.74, 6) is 0. The van der Waals surface area contributed by atoms with Crippen LogP contribution in [0.5, 0.6) is 0 Å². The van der Waals surface area contributed by atoms with Gasteiger partial charge in [0.2, 0.25) is 0 Å². The summed E-state index contributed by atoms with van der Waals surface area (Å²) >= 11 is 0. The summed E-state index contributed by atoms with van der Waals surface area (Å²) in [7, 11) is 2.23.